The summed E-state index contributed by atoms with van der Waals surface area (Å²) in [5.41, 5.74) is 1.74. The molecule has 2 amide bonds. The normalized spacial score (nSPS) is 18.5. The minimum absolute atomic E-state index is 0.0291. The lowest BCUT2D eigenvalue weighted by molar-refractivity contribution is -0.113. The van der Waals surface area contributed by atoms with Gasteiger partial charge in [-0.3, -0.25) is 9.59 Å². The van der Waals surface area contributed by atoms with Crippen LogP contribution in [0.4, 0.5) is 5.69 Å². The molecular formula is C22H25N3O4S. The summed E-state index contributed by atoms with van der Waals surface area (Å²) in [6.45, 7) is 0.976. The van der Waals surface area contributed by atoms with Gasteiger partial charge in [0.05, 0.1) is 23.6 Å². The maximum Gasteiger partial charge on any atom is 0.338 e. The average molecular weight is 428 g/mol. The number of esters is 1. The van der Waals surface area contributed by atoms with Gasteiger partial charge >= 0.3 is 5.97 Å². The second kappa shape index (κ2) is 8.95. The van der Waals surface area contributed by atoms with Crippen LogP contribution in [0, 0.1) is 0 Å². The molecule has 0 aliphatic carbocycles. The number of carbonyl (C=O) groups excluding carboxylic acids is 3. The quantitative estimate of drug-likeness (QED) is 0.741. The third kappa shape index (κ3) is 4.38. The molecule has 1 unspecified atom stereocenters. The largest absolute Gasteiger partial charge is 0.462 e. The number of thioether (sulfide) groups is 1. The molecule has 1 saturated heterocycles. The molecule has 2 aromatic rings. The van der Waals surface area contributed by atoms with E-state index in [-0.39, 0.29) is 24.5 Å². The summed E-state index contributed by atoms with van der Waals surface area (Å²) < 4.78 is 7.32. The molecule has 1 N–H and O–H groups in total. The predicted octanol–water partition coefficient (Wildman–Crippen LogP) is 3.31. The van der Waals surface area contributed by atoms with Crippen molar-refractivity contribution in [3.63, 3.8) is 0 Å². The van der Waals surface area contributed by atoms with Gasteiger partial charge in [-0.2, -0.15) is 0 Å². The fourth-order valence-corrected chi connectivity index (χ4v) is 4.77. The van der Waals surface area contributed by atoms with Crippen LogP contribution in [0.2, 0.25) is 0 Å². The number of benzene rings is 1. The number of anilines is 1. The van der Waals surface area contributed by atoms with Crippen molar-refractivity contribution in [1.29, 1.82) is 0 Å². The number of nitrogens with one attached hydrogen (secondary N) is 1. The molecule has 3 heterocycles. The number of likely N-dealkylation sites (tertiary alicyclic amines) is 1. The summed E-state index contributed by atoms with van der Waals surface area (Å²) in [5, 5.41) is 2.79. The Morgan fingerprint density at radius 1 is 1.27 bits per heavy atom. The van der Waals surface area contributed by atoms with Crippen LogP contribution in [0.1, 0.15) is 46.5 Å². The molecule has 7 nitrogen and oxygen atoms in total. The SMILES string of the molecule is Cn1cccc1C(=O)N1CCCCC1CCOC(=O)c1ccc2c(c1)NC(=O)CS2. The van der Waals surface area contributed by atoms with Crippen molar-refractivity contribution in [2.24, 2.45) is 7.05 Å². The zero-order valence-electron chi connectivity index (χ0n) is 16.9. The number of amides is 2. The van der Waals surface area contributed by atoms with Crippen LogP contribution in [0.5, 0.6) is 0 Å². The van der Waals surface area contributed by atoms with E-state index < -0.39 is 5.97 Å². The van der Waals surface area contributed by atoms with Crippen LogP contribution in [0.3, 0.4) is 0 Å². The number of piperidine rings is 1. The van der Waals surface area contributed by atoms with Crippen LogP contribution in [-0.4, -0.2) is 52.2 Å². The van der Waals surface area contributed by atoms with Gasteiger partial charge in [0.1, 0.15) is 5.69 Å². The van der Waals surface area contributed by atoms with Crippen molar-refractivity contribution in [2.75, 3.05) is 24.2 Å². The molecule has 2 aliphatic rings. The van der Waals surface area contributed by atoms with E-state index in [9.17, 15) is 14.4 Å². The van der Waals surface area contributed by atoms with E-state index in [0.29, 0.717) is 29.1 Å². The van der Waals surface area contributed by atoms with Crippen molar-refractivity contribution in [3.05, 3.63) is 47.8 Å². The summed E-state index contributed by atoms with van der Waals surface area (Å²) in [5.74, 6) is -0.0746. The summed E-state index contributed by atoms with van der Waals surface area (Å²) in [4.78, 5) is 39.8. The zero-order chi connectivity index (χ0) is 21.1. The Kier molecular flexibility index (Phi) is 6.13. The predicted molar refractivity (Wildman–Crippen MR) is 115 cm³/mol. The molecule has 8 heteroatoms. The van der Waals surface area contributed by atoms with Crippen molar-refractivity contribution >= 4 is 35.2 Å². The summed E-state index contributed by atoms with van der Waals surface area (Å²) in [7, 11) is 1.87. The molecule has 0 bridgehead atoms. The summed E-state index contributed by atoms with van der Waals surface area (Å²) >= 11 is 1.45. The molecule has 0 spiro atoms. The number of hydrogen-bond donors (Lipinski definition) is 1. The maximum atomic E-state index is 12.9. The highest BCUT2D eigenvalue weighted by Gasteiger charge is 2.28. The van der Waals surface area contributed by atoms with E-state index in [1.54, 1.807) is 12.1 Å². The van der Waals surface area contributed by atoms with Crippen LogP contribution >= 0.6 is 11.8 Å². The lowest BCUT2D eigenvalue weighted by Crippen LogP contribution is -2.44. The van der Waals surface area contributed by atoms with Crippen molar-refractivity contribution < 1.29 is 19.1 Å². The Morgan fingerprint density at radius 2 is 2.13 bits per heavy atom. The van der Waals surface area contributed by atoms with E-state index in [0.717, 1.165) is 30.7 Å². The number of aromatic nitrogens is 1. The standard InChI is InChI=1S/C22H25N3O4S/c1-24-10-4-6-18(24)21(27)25-11-3-2-5-16(25)9-12-29-22(28)15-7-8-19-17(13-15)23-20(26)14-30-19/h4,6-8,10,13,16H,2-3,5,9,11-12,14H2,1H3,(H,23,26). The molecule has 4 rings (SSSR count). The highest BCUT2D eigenvalue weighted by Crippen LogP contribution is 2.32. The van der Waals surface area contributed by atoms with Crippen LogP contribution in [0.25, 0.3) is 0 Å². The third-order valence-electron chi connectivity index (χ3n) is 5.58. The molecule has 1 aromatic carbocycles. The second-order valence-electron chi connectivity index (χ2n) is 7.62. The second-order valence-corrected chi connectivity index (χ2v) is 8.64. The van der Waals surface area contributed by atoms with Gasteiger partial charge in [-0.15, -0.1) is 11.8 Å². The molecule has 2 aliphatic heterocycles. The fraction of sp³-hybridized carbons (Fsp3) is 0.409. The Morgan fingerprint density at radius 3 is 2.93 bits per heavy atom. The third-order valence-corrected chi connectivity index (χ3v) is 6.66. The fourth-order valence-electron chi connectivity index (χ4n) is 3.98. The number of hydrogen-bond acceptors (Lipinski definition) is 5. The Hall–Kier alpha value is -2.74. The van der Waals surface area contributed by atoms with Gasteiger partial charge in [0.2, 0.25) is 5.91 Å². The zero-order valence-corrected chi connectivity index (χ0v) is 17.7. The Labute approximate surface area is 179 Å². The van der Waals surface area contributed by atoms with E-state index in [1.165, 1.54) is 11.8 Å². The number of fused-ring (bicyclic) bond motifs is 1. The number of nitrogens with zero attached hydrogens (tertiary/aromatic N) is 2. The van der Waals surface area contributed by atoms with Crippen molar-refractivity contribution in [1.82, 2.24) is 9.47 Å². The molecule has 1 aromatic heterocycles. The topological polar surface area (TPSA) is 80.6 Å². The molecular weight excluding hydrogens is 402 g/mol. The molecule has 158 valence electrons. The molecule has 0 saturated carbocycles. The number of carbonyl (C=O) groups is 3. The minimum atomic E-state index is -0.418. The van der Waals surface area contributed by atoms with E-state index in [2.05, 4.69) is 5.32 Å². The van der Waals surface area contributed by atoms with Crippen molar-refractivity contribution in [2.45, 2.75) is 36.6 Å². The minimum Gasteiger partial charge on any atom is -0.462 e. The molecule has 1 atom stereocenters. The van der Waals surface area contributed by atoms with Gasteiger partial charge < -0.3 is 19.5 Å². The lowest BCUT2D eigenvalue weighted by atomic mass is 9.99. The molecule has 1 fully saturated rings. The van der Waals surface area contributed by atoms with Gasteiger partial charge in [-0.25, -0.2) is 4.79 Å². The lowest BCUT2D eigenvalue weighted by Gasteiger charge is -2.35. The monoisotopic (exact) mass is 427 g/mol. The maximum absolute atomic E-state index is 12.9. The first-order valence-corrected chi connectivity index (χ1v) is 11.2. The van der Waals surface area contributed by atoms with Gasteiger partial charge in [-0.1, -0.05) is 0 Å². The highest BCUT2D eigenvalue weighted by molar-refractivity contribution is 8.00. The van der Waals surface area contributed by atoms with Crippen LogP contribution in [-0.2, 0) is 16.6 Å². The first-order valence-electron chi connectivity index (χ1n) is 10.2. The number of rotatable bonds is 5. The van der Waals surface area contributed by atoms with Gasteiger partial charge in [0.15, 0.2) is 0 Å². The van der Waals surface area contributed by atoms with E-state index in [1.807, 2.05) is 40.9 Å². The molecule has 30 heavy (non-hydrogen) atoms. The van der Waals surface area contributed by atoms with E-state index in [4.69, 9.17) is 4.74 Å². The highest BCUT2D eigenvalue weighted by atomic mass is 32.2. The van der Waals surface area contributed by atoms with E-state index >= 15 is 0 Å². The van der Waals surface area contributed by atoms with Crippen LogP contribution in [0.15, 0.2) is 41.4 Å². The Balaban J connectivity index is 1.35. The summed E-state index contributed by atoms with van der Waals surface area (Å²) in [6.07, 6.45) is 5.45. The van der Waals surface area contributed by atoms with Gasteiger partial charge in [0, 0.05) is 37.1 Å². The summed E-state index contributed by atoms with van der Waals surface area (Å²) in [6, 6.07) is 8.98. The average Bonchev–Trinajstić information content (AvgIpc) is 3.18. The van der Waals surface area contributed by atoms with Crippen molar-refractivity contribution in [3.8, 4) is 0 Å². The number of ether oxygens (including phenoxy) is 1. The van der Waals surface area contributed by atoms with Crippen LogP contribution < -0.4 is 5.32 Å². The Bertz CT molecular complexity index is 971. The molecule has 0 radical (unpaired) electrons. The first-order chi connectivity index (χ1) is 14.5. The smallest absolute Gasteiger partial charge is 0.338 e. The van der Waals surface area contributed by atoms with Gasteiger partial charge in [-0.05, 0) is 49.6 Å². The van der Waals surface area contributed by atoms with Gasteiger partial charge in [0.25, 0.3) is 5.91 Å². The first kappa shape index (κ1) is 20.5. The number of aryl methyl sites for hydroxylation is 1.